The van der Waals surface area contributed by atoms with Crippen LogP contribution >= 0.6 is 0 Å². The summed E-state index contributed by atoms with van der Waals surface area (Å²) in [5.74, 6) is 0.310. The first-order valence-electron chi connectivity index (χ1n) is 5.76. The maximum absolute atomic E-state index is 11.7. The smallest absolute Gasteiger partial charge is 0.158 e. The molecule has 82 valence electrons. The highest BCUT2D eigenvalue weighted by atomic mass is 16.1. The van der Waals surface area contributed by atoms with E-state index in [-0.39, 0.29) is 0 Å². The van der Waals surface area contributed by atoms with Crippen LogP contribution in [0.3, 0.4) is 0 Å². The first kappa shape index (κ1) is 10.9. The minimum atomic E-state index is 0.310. The van der Waals surface area contributed by atoms with E-state index in [9.17, 15) is 4.79 Å². The number of hydrogen-bond donors (Lipinski definition) is 0. The van der Waals surface area contributed by atoms with E-state index in [1.807, 2.05) is 36.4 Å². The highest BCUT2D eigenvalue weighted by molar-refractivity contribution is 6.00. The van der Waals surface area contributed by atoms with Crippen LogP contribution in [0.4, 0.5) is 0 Å². The number of allylic oxidation sites excluding steroid dienone is 1. The summed E-state index contributed by atoms with van der Waals surface area (Å²) in [5.41, 5.74) is 3.16. The van der Waals surface area contributed by atoms with Crippen molar-refractivity contribution in [1.82, 2.24) is 0 Å². The molecule has 0 saturated heterocycles. The van der Waals surface area contributed by atoms with Crippen molar-refractivity contribution >= 4 is 17.9 Å². The largest absolute Gasteiger partial charge is 0.295 e. The van der Waals surface area contributed by atoms with Gasteiger partial charge in [-0.05, 0) is 42.0 Å². The molecule has 1 nitrogen and oxygen atoms in total. The van der Waals surface area contributed by atoms with E-state index in [1.165, 1.54) is 0 Å². The lowest BCUT2D eigenvalue weighted by Gasteiger charge is -2.13. The average molecular weight is 212 g/mol. The Labute approximate surface area is 96.5 Å². The van der Waals surface area contributed by atoms with Crippen molar-refractivity contribution in [2.45, 2.75) is 25.7 Å². The van der Waals surface area contributed by atoms with Gasteiger partial charge in [-0.25, -0.2) is 0 Å². The minimum absolute atomic E-state index is 0.310. The molecule has 0 bridgehead atoms. The molecule has 0 aliphatic heterocycles. The van der Waals surface area contributed by atoms with Gasteiger partial charge in [-0.3, -0.25) is 4.79 Å². The minimum Gasteiger partial charge on any atom is -0.295 e. The number of ketones is 1. The average Bonchev–Trinajstić information content (AvgIpc) is 2.33. The van der Waals surface area contributed by atoms with Crippen molar-refractivity contribution in [2.75, 3.05) is 0 Å². The second-order valence-electron chi connectivity index (χ2n) is 4.13. The van der Waals surface area contributed by atoms with Crippen LogP contribution in [-0.2, 0) is 4.79 Å². The van der Waals surface area contributed by atoms with E-state index in [4.69, 9.17) is 0 Å². The molecular formula is C15H16O. The lowest BCUT2D eigenvalue weighted by atomic mass is 9.91. The van der Waals surface area contributed by atoms with Crippen LogP contribution in [0.5, 0.6) is 0 Å². The highest BCUT2D eigenvalue weighted by Gasteiger charge is 2.14. The van der Waals surface area contributed by atoms with E-state index in [0.717, 1.165) is 36.0 Å². The van der Waals surface area contributed by atoms with Gasteiger partial charge in [-0.1, -0.05) is 36.9 Å². The number of Topliss-reactive ketones (excluding diaryl/α,β-unsaturated/α-hetero) is 1. The maximum atomic E-state index is 11.7. The summed E-state index contributed by atoms with van der Waals surface area (Å²) in [6.45, 7) is 3.79. The summed E-state index contributed by atoms with van der Waals surface area (Å²) >= 11 is 0. The molecule has 0 N–H and O–H groups in total. The third kappa shape index (κ3) is 2.30. The summed E-state index contributed by atoms with van der Waals surface area (Å²) in [4.78, 5) is 11.7. The number of rotatable bonds is 2. The van der Waals surface area contributed by atoms with Gasteiger partial charge >= 0.3 is 0 Å². The van der Waals surface area contributed by atoms with Crippen molar-refractivity contribution in [2.24, 2.45) is 0 Å². The molecule has 0 spiro atoms. The van der Waals surface area contributed by atoms with E-state index in [1.54, 1.807) is 0 Å². The zero-order valence-corrected chi connectivity index (χ0v) is 9.41. The molecule has 1 fully saturated rings. The van der Waals surface area contributed by atoms with Gasteiger partial charge in [-0.15, -0.1) is 0 Å². The Hall–Kier alpha value is -1.63. The van der Waals surface area contributed by atoms with Crippen molar-refractivity contribution in [1.29, 1.82) is 0 Å². The second-order valence-corrected chi connectivity index (χ2v) is 4.13. The number of carbonyl (C=O) groups is 1. The quantitative estimate of drug-likeness (QED) is 0.680. The molecule has 1 saturated carbocycles. The fourth-order valence-corrected chi connectivity index (χ4v) is 2.07. The Balaban J connectivity index is 2.34. The van der Waals surface area contributed by atoms with Crippen LogP contribution in [0.15, 0.2) is 36.4 Å². The Bertz CT molecular complexity index is 441. The fourth-order valence-electron chi connectivity index (χ4n) is 2.07. The van der Waals surface area contributed by atoms with Crippen molar-refractivity contribution in [3.63, 3.8) is 0 Å². The monoisotopic (exact) mass is 212 g/mol. The first-order valence-corrected chi connectivity index (χ1v) is 5.76. The van der Waals surface area contributed by atoms with E-state index in [0.29, 0.717) is 12.2 Å². The molecule has 0 heterocycles. The van der Waals surface area contributed by atoms with Gasteiger partial charge in [0, 0.05) is 6.42 Å². The normalized spacial score (nSPS) is 18.8. The number of carbonyl (C=O) groups excluding carboxylic acids is 1. The summed E-state index contributed by atoms with van der Waals surface area (Å²) in [6.07, 6.45) is 7.66. The molecule has 1 aliphatic rings. The van der Waals surface area contributed by atoms with Crippen LogP contribution in [0.2, 0.25) is 0 Å². The summed E-state index contributed by atoms with van der Waals surface area (Å²) in [7, 11) is 0. The summed E-state index contributed by atoms with van der Waals surface area (Å²) in [5, 5.41) is 0. The molecule has 1 aromatic rings. The third-order valence-corrected chi connectivity index (χ3v) is 3.00. The third-order valence-electron chi connectivity index (χ3n) is 3.00. The van der Waals surface area contributed by atoms with Gasteiger partial charge in [0.15, 0.2) is 5.78 Å². The number of benzene rings is 1. The van der Waals surface area contributed by atoms with E-state index >= 15 is 0 Å². The zero-order chi connectivity index (χ0) is 11.4. The van der Waals surface area contributed by atoms with Crippen LogP contribution in [-0.4, -0.2) is 5.78 Å². The van der Waals surface area contributed by atoms with Gasteiger partial charge in [0.25, 0.3) is 0 Å². The molecule has 1 aromatic carbocycles. The van der Waals surface area contributed by atoms with Gasteiger partial charge in [0.2, 0.25) is 0 Å². The van der Waals surface area contributed by atoms with Crippen LogP contribution in [0, 0.1) is 0 Å². The first-order chi connectivity index (χ1) is 7.81. The standard InChI is InChI=1S/C15H16O/c1-2-12-7-3-4-8-13(12)11-14-9-5-6-10-15(14)16/h2-4,7-8,11H,1,5-6,9-10H2. The lowest BCUT2D eigenvalue weighted by Crippen LogP contribution is -2.08. The predicted molar refractivity (Wildman–Crippen MR) is 68.0 cm³/mol. The molecular weight excluding hydrogens is 196 g/mol. The Morgan fingerprint density at radius 3 is 2.44 bits per heavy atom. The molecule has 1 heteroatoms. The molecule has 0 amide bonds. The molecule has 0 radical (unpaired) electrons. The SMILES string of the molecule is C=Cc1ccccc1C=C1CCCCC1=O. The van der Waals surface area contributed by atoms with Crippen LogP contribution in [0.1, 0.15) is 36.8 Å². The zero-order valence-electron chi connectivity index (χ0n) is 9.41. The molecule has 16 heavy (non-hydrogen) atoms. The lowest BCUT2D eigenvalue weighted by molar-refractivity contribution is -0.116. The summed E-state index contributed by atoms with van der Waals surface area (Å²) < 4.78 is 0. The predicted octanol–water partition coefficient (Wildman–Crippen LogP) is 3.86. The number of hydrogen-bond acceptors (Lipinski definition) is 1. The van der Waals surface area contributed by atoms with Gasteiger partial charge in [0.1, 0.15) is 0 Å². The fraction of sp³-hybridized carbons (Fsp3) is 0.267. The van der Waals surface area contributed by atoms with Crippen LogP contribution < -0.4 is 0 Å². The van der Waals surface area contributed by atoms with Crippen LogP contribution in [0.25, 0.3) is 12.2 Å². The van der Waals surface area contributed by atoms with Crippen molar-refractivity contribution in [3.8, 4) is 0 Å². The Morgan fingerprint density at radius 1 is 1.06 bits per heavy atom. The van der Waals surface area contributed by atoms with E-state index < -0.39 is 0 Å². The van der Waals surface area contributed by atoms with Crippen molar-refractivity contribution < 1.29 is 4.79 Å². The Morgan fingerprint density at radius 2 is 1.75 bits per heavy atom. The molecule has 2 rings (SSSR count). The van der Waals surface area contributed by atoms with E-state index in [2.05, 4.69) is 6.58 Å². The topological polar surface area (TPSA) is 17.1 Å². The Kier molecular flexibility index (Phi) is 3.35. The van der Waals surface area contributed by atoms with Crippen molar-refractivity contribution in [3.05, 3.63) is 47.5 Å². The van der Waals surface area contributed by atoms with Gasteiger partial charge in [-0.2, -0.15) is 0 Å². The van der Waals surface area contributed by atoms with Gasteiger partial charge in [0.05, 0.1) is 0 Å². The molecule has 0 unspecified atom stereocenters. The second kappa shape index (κ2) is 4.93. The summed E-state index contributed by atoms with van der Waals surface area (Å²) in [6, 6.07) is 8.03. The molecule has 0 atom stereocenters. The molecule has 0 aromatic heterocycles. The molecule has 1 aliphatic carbocycles. The highest BCUT2D eigenvalue weighted by Crippen LogP contribution is 2.23. The van der Waals surface area contributed by atoms with Gasteiger partial charge < -0.3 is 0 Å². The maximum Gasteiger partial charge on any atom is 0.158 e.